The number of aryl methyl sites for hydroxylation is 2. The van der Waals surface area contributed by atoms with Crippen LogP contribution in [0.25, 0.3) is 16.9 Å². The normalized spacial score (nSPS) is 11.5. The molecule has 5 nitrogen and oxygen atoms in total. The Morgan fingerprint density at radius 2 is 1.73 bits per heavy atom. The van der Waals surface area contributed by atoms with Gasteiger partial charge in [-0.1, -0.05) is 36.4 Å². The quantitative estimate of drug-likeness (QED) is 0.483. The lowest BCUT2D eigenvalue weighted by atomic mass is 10.1. The molecule has 0 atom stereocenters. The van der Waals surface area contributed by atoms with Crippen molar-refractivity contribution in [2.75, 3.05) is 0 Å². The molecule has 0 aliphatic heterocycles. The molecule has 4 rings (SSSR count). The van der Waals surface area contributed by atoms with Crippen LogP contribution < -0.4 is 0 Å². The van der Waals surface area contributed by atoms with E-state index in [9.17, 15) is 5.11 Å². The predicted octanol–water partition coefficient (Wildman–Crippen LogP) is 5.74. The molecule has 0 fully saturated rings. The monoisotopic (exact) mass is 342 g/mol. The molecule has 0 saturated heterocycles. The van der Waals surface area contributed by atoms with Crippen LogP contribution in [0.5, 0.6) is 5.75 Å². The van der Waals surface area contributed by atoms with Gasteiger partial charge in [0.25, 0.3) is 0 Å². The van der Waals surface area contributed by atoms with Gasteiger partial charge in [0.2, 0.25) is 0 Å². The second kappa shape index (κ2) is 6.44. The van der Waals surface area contributed by atoms with Gasteiger partial charge in [-0.15, -0.1) is 10.2 Å². The highest BCUT2D eigenvalue weighted by Gasteiger charge is 2.14. The lowest BCUT2D eigenvalue weighted by Crippen LogP contribution is -1.85. The predicted molar refractivity (Wildman–Crippen MR) is 102 cm³/mol. The molecule has 1 N–H and O–H groups in total. The minimum atomic E-state index is 0.219. The highest BCUT2D eigenvalue weighted by atomic mass is 16.3. The highest BCUT2D eigenvalue weighted by Crippen LogP contribution is 2.33. The minimum Gasteiger partial charge on any atom is -0.508 e. The van der Waals surface area contributed by atoms with Crippen molar-refractivity contribution in [1.29, 1.82) is 0 Å². The smallest absolute Gasteiger partial charge is 0.187 e. The van der Waals surface area contributed by atoms with Crippen molar-refractivity contribution < 1.29 is 5.11 Å². The summed E-state index contributed by atoms with van der Waals surface area (Å²) in [5, 5.41) is 18.5. The van der Waals surface area contributed by atoms with Gasteiger partial charge in [0.1, 0.15) is 17.1 Å². The first kappa shape index (κ1) is 16.0. The largest absolute Gasteiger partial charge is 0.508 e. The molecule has 2 aromatic heterocycles. The number of pyridine rings is 1. The Morgan fingerprint density at radius 1 is 0.923 bits per heavy atom. The van der Waals surface area contributed by atoms with E-state index in [2.05, 4.69) is 10.2 Å². The Bertz CT molecular complexity index is 1110. The topological polar surface area (TPSA) is 62.2 Å². The molecule has 0 amide bonds. The van der Waals surface area contributed by atoms with Crippen LogP contribution in [0.3, 0.4) is 0 Å². The number of azo groups is 1. The number of aromatic nitrogens is 2. The molecule has 0 bridgehead atoms. The van der Waals surface area contributed by atoms with Gasteiger partial charge >= 0.3 is 0 Å². The number of hydrogen-bond acceptors (Lipinski definition) is 4. The summed E-state index contributed by atoms with van der Waals surface area (Å²) >= 11 is 0. The molecule has 0 aliphatic carbocycles. The number of benzene rings is 2. The number of imidazole rings is 1. The van der Waals surface area contributed by atoms with Gasteiger partial charge in [-0.3, -0.25) is 4.40 Å². The van der Waals surface area contributed by atoms with E-state index in [1.54, 1.807) is 18.2 Å². The zero-order chi connectivity index (χ0) is 18.1. The third-order valence-electron chi connectivity index (χ3n) is 4.22. The first-order valence-corrected chi connectivity index (χ1v) is 8.37. The zero-order valence-electron chi connectivity index (χ0n) is 14.6. The van der Waals surface area contributed by atoms with E-state index in [1.165, 1.54) is 0 Å². The SMILES string of the molecule is Cc1ccc2nc(-c3ccccc3)c(N=Nc3ccc(O)cc3C)n2c1. The molecule has 0 aliphatic rings. The summed E-state index contributed by atoms with van der Waals surface area (Å²) in [4.78, 5) is 4.74. The van der Waals surface area contributed by atoms with Crippen molar-refractivity contribution in [2.45, 2.75) is 13.8 Å². The second-order valence-corrected chi connectivity index (χ2v) is 6.26. The maximum Gasteiger partial charge on any atom is 0.187 e. The van der Waals surface area contributed by atoms with Crippen LogP contribution in [0.2, 0.25) is 0 Å². The van der Waals surface area contributed by atoms with Crippen LogP contribution in [0.15, 0.2) is 77.1 Å². The fraction of sp³-hybridized carbons (Fsp3) is 0.0952. The van der Waals surface area contributed by atoms with Crippen LogP contribution in [0, 0.1) is 13.8 Å². The third-order valence-corrected chi connectivity index (χ3v) is 4.22. The summed E-state index contributed by atoms with van der Waals surface area (Å²) in [6, 6.07) is 19.0. The van der Waals surface area contributed by atoms with Crippen LogP contribution in [0.1, 0.15) is 11.1 Å². The lowest BCUT2D eigenvalue weighted by Gasteiger charge is -2.02. The number of fused-ring (bicyclic) bond motifs is 1. The van der Waals surface area contributed by atoms with Gasteiger partial charge in [-0.25, -0.2) is 4.98 Å². The molecule has 0 unspecified atom stereocenters. The van der Waals surface area contributed by atoms with Gasteiger partial charge in [-0.05, 0) is 49.2 Å². The fourth-order valence-electron chi connectivity index (χ4n) is 2.88. The summed E-state index contributed by atoms with van der Waals surface area (Å²) in [5.41, 5.74) is 5.30. The highest BCUT2D eigenvalue weighted by molar-refractivity contribution is 5.74. The molecule has 128 valence electrons. The maximum atomic E-state index is 9.57. The van der Waals surface area contributed by atoms with Gasteiger partial charge in [0.15, 0.2) is 5.82 Å². The molecular weight excluding hydrogens is 324 g/mol. The Hall–Kier alpha value is -3.47. The minimum absolute atomic E-state index is 0.219. The summed E-state index contributed by atoms with van der Waals surface area (Å²) in [5.74, 6) is 0.902. The number of phenolic OH excluding ortho intramolecular Hbond substituents is 1. The average molecular weight is 342 g/mol. The summed E-state index contributed by atoms with van der Waals surface area (Å²) in [7, 11) is 0. The van der Waals surface area contributed by atoms with Gasteiger partial charge in [0, 0.05) is 11.8 Å². The van der Waals surface area contributed by atoms with E-state index in [-0.39, 0.29) is 5.75 Å². The van der Waals surface area contributed by atoms with Crippen LogP contribution >= 0.6 is 0 Å². The third kappa shape index (κ3) is 2.95. The number of hydrogen-bond donors (Lipinski definition) is 1. The van der Waals surface area contributed by atoms with Crippen molar-refractivity contribution >= 4 is 17.2 Å². The maximum absolute atomic E-state index is 9.57. The summed E-state index contributed by atoms with van der Waals surface area (Å²) in [6.07, 6.45) is 2.01. The van der Waals surface area contributed by atoms with Gasteiger partial charge < -0.3 is 5.11 Å². The molecule has 2 heterocycles. The summed E-state index contributed by atoms with van der Waals surface area (Å²) in [6.45, 7) is 3.93. The van der Waals surface area contributed by atoms with E-state index in [1.807, 2.05) is 66.9 Å². The zero-order valence-corrected chi connectivity index (χ0v) is 14.6. The van der Waals surface area contributed by atoms with Crippen molar-refractivity contribution in [3.8, 4) is 17.0 Å². The molecule has 4 aromatic rings. The van der Waals surface area contributed by atoms with Crippen LogP contribution in [-0.2, 0) is 0 Å². The number of phenols is 1. The standard InChI is InChI=1S/C21H18N4O/c1-14-8-11-19-22-20(16-6-4-3-5-7-16)21(25(19)13-14)24-23-18-10-9-17(26)12-15(18)2/h3-13,26H,1-2H3. The Morgan fingerprint density at radius 3 is 2.50 bits per heavy atom. The average Bonchev–Trinajstić information content (AvgIpc) is 2.99. The Labute approximate surface area is 151 Å². The van der Waals surface area contributed by atoms with E-state index in [0.717, 1.165) is 28.0 Å². The van der Waals surface area contributed by atoms with E-state index in [0.29, 0.717) is 11.5 Å². The molecular formula is C21H18N4O. The van der Waals surface area contributed by atoms with Crippen molar-refractivity contribution in [3.05, 3.63) is 78.0 Å². The molecule has 5 heteroatoms. The van der Waals surface area contributed by atoms with Gasteiger partial charge in [0.05, 0.1) is 5.69 Å². The Kier molecular flexibility index (Phi) is 3.97. The first-order chi connectivity index (χ1) is 12.6. The molecule has 2 aromatic carbocycles. The van der Waals surface area contributed by atoms with E-state index in [4.69, 9.17) is 4.98 Å². The molecule has 0 spiro atoms. The van der Waals surface area contributed by atoms with Gasteiger partial charge in [-0.2, -0.15) is 0 Å². The molecule has 26 heavy (non-hydrogen) atoms. The fourth-order valence-corrected chi connectivity index (χ4v) is 2.88. The molecule has 0 saturated carbocycles. The molecule has 0 radical (unpaired) electrons. The first-order valence-electron chi connectivity index (χ1n) is 8.37. The van der Waals surface area contributed by atoms with Crippen LogP contribution in [-0.4, -0.2) is 14.5 Å². The number of rotatable bonds is 3. The number of aromatic hydroxyl groups is 1. The van der Waals surface area contributed by atoms with Crippen molar-refractivity contribution in [2.24, 2.45) is 10.2 Å². The Balaban J connectivity index is 1.89. The van der Waals surface area contributed by atoms with Crippen molar-refractivity contribution in [1.82, 2.24) is 9.38 Å². The second-order valence-electron chi connectivity index (χ2n) is 6.26. The van der Waals surface area contributed by atoms with Crippen LogP contribution in [0.4, 0.5) is 11.5 Å². The lowest BCUT2D eigenvalue weighted by molar-refractivity contribution is 0.475. The van der Waals surface area contributed by atoms with E-state index < -0.39 is 0 Å². The van der Waals surface area contributed by atoms with Crippen molar-refractivity contribution in [3.63, 3.8) is 0 Å². The number of nitrogens with zero attached hydrogens (tertiary/aromatic N) is 4. The van der Waals surface area contributed by atoms with E-state index >= 15 is 0 Å². The summed E-state index contributed by atoms with van der Waals surface area (Å²) < 4.78 is 1.96.